The maximum atomic E-state index is 13.7. The summed E-state index contributed by atoms with van der Waals surface area (Å²) in [5.41, 5.74) is 4.51. The van der Waals surface area contributed by atoms with Crippen molar-refractivity contribution in [3.63, 3.8) is 0 Å². The summed E-state index contributed by atoms with van der Waals surface area (Å²) in [5, 5.41) is 3.37. The first-order valence-electron chi connectivity index (χ1n) is 8.49. The first-order valence-corrected chi connectivity index (χ1v) is 10.2. The Kier molecular flexibility index (Phi) is 6.48. The largest absolute Gasteiger partial charge is 0.369 e. The van der Waals surface area contributed by atoms with Gasteiger partial charge in [0.15, 0.2) is 0 Å². The molecule has 0 aromatic heterocycles. The molecule has 0 heterocycles. The molecule has 2 aromatic rings. The van der Waals surface area contributed by atoms with Crippen LogP contribution in [0.3, 0.4) is 0 Å². The van der Waals surface area contributed by atoms with Crippen LogP contribution in [0.15, 0.2) is 60.7 Å². The number of benzene rings is 2. The van der Waals surface area contributed by atoms with Crippen molar-refractivity contribution < 1.29 is 9.09 Å². The lowest BCUT2D eigenvalue weighted by molar-refractivity contribution is 0.336. The number of para-hydroxylation sites is 1. The molecule has 0 saturated heterocycles. The highest BCUT2D eigenvalue weighted by Gasteiger charge is 2.34. The van der Waals surface area contributed by atoms with Gasteiger partial charge >= 0.3 is 0 Å². The van der Waals surface area contributed by atoms with Crippen LogP contribution in [-0.2, 0) is 9.09 Å². The molecule has 0 fully saturated rings. The fourth-order valence-corrected chi connectivity index (χ4v) is 4.40. The molecule has 132 valence electrons. The summed E-state index contributed by atoms with van der Waals surface area (Å²) in [6, 6.07) is 19.4. The molecule has 2 aromatic carbocycles. The molecule has 2 atom stereocenters. The van der Waals surface area contributed by atoms with Crippen LogP contribution < -0.4 is 5.32 Å². The summed E-state index contributed by atoms with van der Waals surface area (Å²) < 4.78 is 19.4. The van der Waals surface area contributed by atoms with E-state index in [0.717, 1.165) is 11.3 Å². The summed E-state index contributed by atoms with van der Waals surface area (Å²) in [7, 11) is -3.29. The number of hydrogen-bond donors (Lipinski definition) is 1. The Balaban J connectivity index is 2.50. The molecule has 0 aliphatic rings. The zero-order valence-corrected chi connectivity index (χ0v) is 16.2. The molecule has 1 N–H and O–H groups in total. The standard InChI is InChI=1S/C21H26NO2P/c1-5-24-25(23,17-16-21(2,3)4)20(18-12-8-6-9-13-18)22-19-14-10-7-11-15-19/h6-15,20,22H,5H2,1-4H3/t20-,25-/m1/s1. The minimum atomic E-state index is -3.29. The van der Waals surface area contributed by atoms with Gasteiger partial charge in [-0.1, -0.05) is 54.5 Å². The predicted molar refractivity (Wildman–Crippen MR) is 106 cm³/mol. The van der Waals surface area contributed by atoms with Crippen molar-refractivity contribution in [3.8, 4) is 11.6 Å². The summed E-state index contributed by atoms with van der Waals surface area (Å²) in [4.78, 5) is 0. The van der Waals surface area contributed by atoms with Crippen molar-refractivity contribution in [1.29, 1.82) is 0 Å². The Morgan fingerprint density at radius 2 is 1.60 bits per heavy atom. The van der Waals surface area contributed by atoms with Crippen molar-refractivity contribution in [1.82, 2.24) is 0 Å². The van der Waals surface area contributed by atoms with Crippen LogP contribution in [0.4, 0.5) is 5.69 Å². The average Bonchev–Trinajstić information content (AvgIpc) is 2.59. The number of hydrogen-bond acceptors (Lipinski definition) is 3. The molecule has 0 saturated carbocycles. The molecule has 2 rings (SSSR count). The van der Waals surface area contributed by atoms with E-state index in [1.165, 1.54) is 0 Å². The molecule has 0 unspecified atom stereocenters. The summed E-state index contributed by atoms with van der Waals surface area (Å²) in [6.45, 7) is 8.18. The van der Waals surface area contributed by atoms with E-state index in [4.69, 9.17) is 4.52 Å². The Labute approximate surface area is 151 Å². The van der Waals surface area contributed by atoms with Crippen LogP contribution >= 0.6 is 7.37 Å². The van der Waals surface area contributed by atoms with Gasteiger partial charge in [0.1, 0.15) is 5.78 Å². The Morgan fingerprint density at radius 1 is 1.04 bits per heavy atom. The third-order valence-corrected chi connectivity index (χ3v) is 5.61. The van der Waals surface area contributed by atoms with E-state index >= 15 is 0 Å². The van der Waals surface area contributed by atoms with E-state index in [1.54, 1.807) is 0 Å². The van der Waals surface area contributed by atoms with Gasteiger partial charge in [-0.2, -0.15) is 0 Å². The van der Waals surface area contributed by atoms with Gasteiger partial charge < -0.3 is 9.84 Å². The second-order valence-electron chi connectivity index (χ2n) is 6.83. The fraction of sp³-hybridized carbons (Fsp3) is 0.333. The maximum absolute atomic E-state index is 13.7. The van der Waals surface area contributed by atoms with Gasteiger partial charge in [0, 0.05) is 11.1 Å². The minimum Gasteiger partial charge on any atom is -0.369 e. The summed E-state index contributed by atoms with van der Waals surface area (Å²) >= 11 is 0. The lowest BCUT2D eigenvalue weighted by atomic mass is 9.99. The maximum Gasteiger partial charge on any atom is 0.299 e. The van der Waals surface area contributed by atoms with Gasteiger partial charge in [-0.15, -0.1) is 0 Å². The average molecular weight is 355 g/mol. The van der Waals surface area contributed by atoms with Gasteiger partial charge in [0.2, 0.25) is 0 Å². The van der Waals surface area contributed by atoms with Crippen molar-refractivity contribution in [2.45, 2.75) is 33.5 Å². The van der Waals surface area contributed by atoms with E-state index in [9.17, 15) is 4.57 Å². The molecule has 4 heteroatoms. The van der Waals surface area contributed by atoms with E-state index in [0.29, 0.717) is 6.61 Å². The number of anilines is 1. The molecule has 25 heavy (non-hydrogen) atoms. The van der Waals surface area contributed by atoms with Gasteiger partial charge in [0.05, 0.1) is 6.61 Å². The smallest absolute Gasteiger partial charge is 0.299 e. The lowest BCUT2D eigenvalue weighted by Gasteiger charge is -2.26. The minimum absolute atomic E-state index is 0.249. The number of rotatable bonds is 6. The van der Waals surface area contributed by atoms with E-state index < -0.39 is 13.2 Å². The Bertz CT molecular complexity index is 770. The van der Waals surface area contributed by atoms with Gasteiger partial charge in [-0.3, -0.25) is 4.57 Å². The van der Waals surface area contributed by atoms with Crippen LogP contribution in [0.25, 0.3) is 0 Å². The van der Waals surface area contributed by atoms with Gasteiger partial charge in [0.25, 0.3) is 7.37 Å². The third-order valence-electron chi connectivity index (χ3n) is 3.44. The van der Waals surface area contributed by atoms with Crippen molar-refractivity contribution in [2.24, 2.45) is 5.41 Å². The van der Waals surface area contributed by atoms with Crippen LogP contribution in [0, 0.1) is 17.0 Å². The predicted octanol–water partition coefficient (Wildman–Crippen LogP) is 6.12. The highest BCUT2D eigenvalue weighted by atomic mass is 31.2. The molecule has 0 aliphatic heterocycles. The fourth-order valence-electron chi connectivity index (χ4n) is 2.30. The molecule has 3 nitrogen and oxygen atoms in total. The second kappa shape index (κ2) is 8.39. The van der Waals surface area contributed by atoms with E-state index in [1.807, 2.05) is 88.4 Å². The van der Waals surface area contributed by atoms with Crippen LogP contribution in [0.5, 0.6) is 0 Å². The topological polar surface area (TPSA) is 38.3 Å². The monoisotopic (exact) mass is 355 g/mol. The van der Waals surface area contributed by atoms with Gasteiger partial charge in [-0.05, 0) is 51.1 Å². The highest BCUT2D eigenvalue weighted by molar-refractivity contribution is 7.64. The lowest BCUT2D eigenvalue weighted by Crippen LogP contribution is -2.13. The zero-order valence-electron chi connectivity index (χ0n) is 15.3. The van der Waals surface area contributed by atoms with Crippen LogP contribution in [0.2, 0.25) is 0 Å². The van der Waals surface area contributed by atoms with E-state index in [-0.39, 0.29) is 5.41 Å². The van der Waals surface area contributed by atoms with Gasteiger partial charge in [-0.25, -0.2) is 0 Å². The Morgan fingerprint density at radius 3 is 2.12 bits per heavy atom. The second-order valence-corrected chi connectivity index (χ2v) is 9.02. The molecule has 0 spiro atoms. The first-order chi connectivity index (χ1) is 11.8. The van der Waals surface area contributed by atoms with Crippen molar-refractivity contribution >= 4 is 13.1 Å². The highest BCUT2D eigenvalue weighted by Crippen LogP contribution is 2.59. The molecular formula is C21H26NO2P. The molecule has 0 bridgehead atoms. The van der Waals surface area contributed by atoms with Crippen LogP contribution in [-0.4, -0.2) is 6.61 Å². The van der Waals surface area contributed by atoms with Crippen molar-refractivity contribution in [3.05, 3.63) is 66.2 Å². The van der Waals surface area contributed by atoms with Crippen molar-refractivity contribution in [2.75, 3.05) is 11.9 Å². The third kappa shape index (κ3) is 5.78. The normalized spacial score (nSPS) is 14.7. The zero-order chi connectivity index (χ0) is 18.3. The summed E-state index contributed by atoms with van der Waals surface area (Å²) in [6.07, 6.45) is 0. The number of nitrogens with one attached hydrogen (secondary N) is 1. The summed E-state index contributed by atoms with van der Waals surface area (Å²) in [5.74, 6) is 2.58. The molecule has 0 radical (unpaired) electrons. The first kappa shape index (κ1) is 19.3. The Hall–Kier alpha value is -2.01. The quantitative estimate of drug-likeness (QED) is 0.501. The molecular weight excluding hydrogens is 329 g/mol. The molecule has 0 amide bonds. The molecule has 0 aliphatic carbocycles. The van der Waals surface area contributed by atoms with E-state index in [2.05, 4.69) is 16.9 Å². The SMILES string of the molecule is CCO[P@](=O)(C#CC(C)(C)C)[C@@H](Nc1ccccc1)c1ccccc1. The van der Waals surface area contributed by atoms with Crippen LogP contribution in [0.1, 0.15) is 39.0 Å².